The number of alkyl halides is 1. The first-order valence-corrected chi connectivity index (χ1v) is 6.61. The van der Waals surface area contributed by atoms with E-state index >= 15 is 0 Å². The summed E-state index contributed by atoms with van der Waals surface area (Å²) in [4.78, 5) is 0. The van der Waals surface area contributed by atoms with Crippen LogP contribution >= 0.6 is 15.9 Å². The van der Waals surface area contributed by atoms with Gasteiger partial charge in [0.25, 0.3) is 0 Å². The fourth-order valence-electron chi connectivity index (χ4n) is 2.11. The molecule has 0 atom stereocenters. The zero-order chi connectivity index (χ0) is 9.15. The number of halogens is 1. The van der Waals surface area contributed by atoms with Crippen molar-refractivity contribution in [3.8, 4) is 0 Å². The van der Waals surface area contributed by atoms with Crippen LogP contribution in [0.2, 0.25) is 0 Å². The molecule has 0 aliphatic heterocycles. The summed E-state index contributed by atoms with van der Waals surface area (Å²) in [7, 11) is 0. The maximum Gasteiger partial charge on any atom is 0.0530 e. The molecule has 13 heavy (non-hydrogen) atoms. The van der Waals surface area contributed by atoms with E-state index in [-0.39, 0.29) is 0 Å². The molecule has 0 spiro atoms. The van der Waals surface area contributed by atoms with Crippen LogP contribution < -0.4 is 0 Å². The second-order valence-electron chi connectivity index (χ2n) is 4.80. The first-order valence-electron chi connectivity index (χ1n) is 5.48. The molecule has 0 radical (unpaired) electrons. The first kappa shape index (κ1) is 9.97. The molecule has 2 aliphatic rings. The highest BCUT2D eigenvalue weighted by atomic mass is 79.9. The Bertz CT molecular complexity index is 159. The predicted octanol–water partition coefficient (Wildman–Crippen LogP) is 3.37. The first-order chi connectivity index (χ1) is 6.35. The van der Waals surface area contributed by atoms with E-state index in [0.29, 0.717) is 5.41 Å². The molecule has 2 fully saturated rings. The smallest absolute Gasteiger partial charge is 0.0530 e. The Morgan fingerprint density at radius 3 is 2.46 bits per heavy atom. The normalized spacial score (nSPS) is 26.5. The SMILES string of the molecule is BrCC1(COCC2CCCC2)CC1. The lowest BCUT2D eigenvalue weighted by Crippen LogP contribution is -2.15. The summed E-state index contributed by atoms with van der Waals surface area (Å²) in [6, 6.07) is 0. The van der Waals surface area contributed by atoms with Crippen molar-refractivity contribution in [3.63, 3.8) is 0 Å². The van der Waals surface area contributed by atoms with E-state index < -0.39 is 0 Å². The minimum atomic E-state index is 0.540. The Kier molecular flexibility index (Phi) is 3.31. The Morgan fingerprint density at radius 1 is 1.23 bits per heavy atom. The molecular formula is C11H19BrO. The third-order valence-electron chi connectivity index (χ3n) is 3.48. The van der Waals surface area contributed by atoms with Gasteiger partial charge in [-0.2, -0.15) is 0 Å². The average molecular weight is 247 g/mol. The van der Waals surface area contributed by atoms with Crippen LogP contribution in [0.4, 0.5) is 0 Å². The summed E-state index contributed by atoms with van der Waals surface area (Å²) in [5, 5.41) is 1.13. The minimum absolute atomic E-state index is 0.540. The van der Waals surface area contributed by atoms with Crippen molar-refractivity contribution in [2.24, 2.45) is 11.3 Å². The van der Waals surface area contributed by atoms with Crippen molar-refractivity contribution >= 4 is 15.9 Å². The quantitative estimate of drug-likeness (QED) is 0.677. The van der Waals surface area contributed by atoms with Gasteiger partial charge in [-0.1, -0.05) is 28.8 Å². The third kappa shape index (κ3) is 2.69. The van der Waals surface area contributed by atoms with Crippen LogP contribution in [-0.4, -0.2) is 18.5 Å². The molecule has 0 bridgehead atoms. The van der Waals surface area contributed by atoms with Crippen LogP contribution in [0.15, 0.2) is 0 Å². The third-order valence-corrected chi connectivity index (χ3v) is 4.67. The molecule has 76 valence electrons. The van der Waals surface area contributed by atoms with Gasteiger partial charge in [-0.3, -0.25) is 0 Å². The van der Waals surface area contributed by atoms with E-state index in [9.17, 15) is 0 Å². The minimum Gasteiger partial charge on any atom is -0.381 e. The second-order valence-corrected chi connectivity index (χ2v) is 5.36. The van der Waals surface area contributed by atoms with Gasteiger partial charge in [0.2, 0.25) is 0 Å². The molecule has 0 amide bonds. The maximum atomic E-state index is 5.81. The van der Waals surface area contributed by atoms with Gasteiger partial charge in [0.1, 0.15) is 0 Å². The van der Waals surface area contributed by atoms with Gasteiger partial charge in [-0.25, -0.2) is 0 Å². The Labute approximate surface area is 89.4 Å². The van der Waals surface area contributed by atoms with E-state index in [1.807, 2.05) is 0 Å². The lowest BCUT2D eigenvalue weighted by molar-refractivity contribution is 0.0716. The molecule has 2 heteroatoms. The van der Waals surface area contributed by atoms with Gasteiger partial charge in [0.15, 0.2) is 0 Å². The van der Waals surface area contributed by atoms with Crippen LogP contribution in [0.25, 0.3) is 0 Å². The molecule has 1 nitrogen and oxygen atoms in total. The highest BCUT2D eigenvalue weighted by Gasteiger charge is 2.41. The van der Waals surface area contributed by atoms with E-state index in [0.717, 1.165) is 24.5 Å². The topological polar surface area (TPSA) is 9.23 Å². The van der Waals surface area contributed by atoms with Crippen LogP contribution in [0.3, 0.4) is 0 Å². The van der Waals surface area contributed by atoms with Gasteiger partial charge in [-0.05, 0) is 31.6 Å². The van der Waals surface area contributed by atoms with Crippen molar-refractivity contribution in [3.05, 3.63) is 0 Å². The van der Waals surface area contributed by atoms with E-state index in [1.165, 1.54) is 38.5 Å². The summed E-state index contributed by atoms with van der Waals surface area (Å²) < 4.78 is 5.81. The molecule has 0 unspecified atom stereocenters. The number of ether oxygens (including phenoxy) is 1. The van der Waals surface area contributed by atoms with E-state index in [4.69, 9.17) is 4.74 Å². The number of hydrogen-bond acceptors (Lipinski definition) is 1. The zero-order valence-electron chi connectivity index (χ0n) is 8.23. The van der Waals surface area contributed by atoms with Crippen molar-refractivity contribution in [1.29, 1.82) is 0 Å². The molecule has 0 N–H and O–H groups in total. The average Bonchev–Trinajstić information content (AvgIpc) is 2.74. The number of hydrogen-bond donors (Lipinski definition) is 0. The lowest BCUT2D eigenvalue weighted by atomic mass is 10.1. The molecule has 0 aromatic carbocycles. The van der Waals surface area contributed by atoms with Gasteiger partial charge in [0.05, 0.1) is 6.61 Å². The molecule has 2 rings (SSSR count). The largest absolute Gasteiger partial charge is 0.381 e. The molecular weight excluding hydrogens is 228 g/mol. The van der Waals surface area contributed by atoms with Gasteiger partial charge < -0.3 is 4.74 Å². The standard InChI is InChI=1S/C11H19BrO/c12-8-11(5-6-11)9-13-7-10-3-1-2-4-10/h10H,1-9H2. The second kappa shape index (κ2) is 4.31. The summed E-state index contributed by atoms with van der Waals surface area (Å²) in [5.74, 6) is 0.881. The Balaban J connectivity index is 1.58. The van der Waals surface area contributed by atoms with Crippen LogP contribution in [0, 0.1) is 11.3 Å². The summed E-state index contributed by atoms with van der Waals surface area (Å²) in [5.41, 5.74) is 0.540. The molecule has 0 saturated heterocycles. The Morgan fingerprint density at radius 2 is 1.92 bits per heavy atom. The van der Waals surface area contributed by atoms with Crippen LogP contribution in [-0.2, 0) is 4.74 Å². The summed E-state index contributed by atoms with van der Waals surface area (Å²) >= 11 is 3.57. The lowest BCUT2D eigenvalue weighted by Gasteiger charge is -2.14. The molecule has 0 aromatic heterocycles. The monoisotopic (exact) mass is 246 g/mol. The maximum absolute atomic E-state index is 5.81. The predicted molar refractivity (Wildman–Crippen MR) is 58.2 cm³/mol. The van der Waals surface area contributed by atoms with Crippen LogP contribution in [0.1, 0.15) is 38.5 Å². The van der Waals surface area contributed by atoms with Gasteiger partial charge >= 0.3 is 0 Å². The fraction of sp³-hybridized carbons (Fsp3) is 1.00. The van der Waals surface area contributed by atoms with Gasteiger partial charge in [0, 0.05) is 17.4 Å². The molecule has 0 heterocycles. The van der Waals surface area contributed by atoms with E-state index in [1.54, 1.807) is 0 Å². The Hall–Kier alpha value is 0.440. The highest BCUT2D eigenvalue weighted by molar-refractivity contribution is 9.09. The van der Waals surface area contributed by atoms with Crippen molar-refractivity contribution in [2.45, 2.75) is 38.5 Å². The van der Waals surface area contributed by atoms with Gasteiger partial charge in [-0.15, -0.1) is 0 Å². The summed E-state index contributed by atoms with van der Waals surface area (Å²) in [6.45, 7) is 2.02. The summed E-state index contributed by atoms with van der Waals surface area (Å²) in [6.07, 6.45) is 8.39. The van der Waals surface area contributed by atoms with Crippen molar-refractivity contribution < 1.29 is 4.74 Å². The fourth-order valence-corrected chi connectivity index (χ4v) is 2.84. The number of rotatable bonds is 5. The molecule has 2 aliphatic carbocycles. The van der Waals surface area contributed by atoms with Crippen molar-refractivity contribution in [2.75, 3.05) is 18.5 Å². The zero-order valence-corrected chi connectivity index (χ0v) is 9.81. The van der Waals surface area contributed by atoms with Crippen LogP contribution in [0.5, 0.6) is 0 Å². The molecule has 2 saturated carbocycles. The van der Waals surface area contributed by atoms with E-state index in [2.05, 4.69) is 15.9 Å². The van der Waals surface area contributed by atoms with Crippen molar-refractivity contribution in [1.82, 2.24) is 0 Å². The molecule has 0 aromatic rings. The highest BCUT2D eigenvalue weighted by Crippen LogP contribution is 2.47.